The third kappa shape index (κ3) is 2.21. The van der Waals surface area contributed by atoms with Crippen molar-refractivity contribution in [3.05, 3.63) is 51.6 Å². The van der Waals surface area contributed by atoms with Gasteiger partial charge in [0.25, 0.3) is 0 Å². The molecule has 1 aromatic carbocycles. The molecule has 0 aliphatic heterocycles. The van der Waals surface area contributed by atoms with Gasteiger partial charge in [-0.2, -0.15) is 0 Å². The Hall–Kier alpha value is -0.570. The molecule has 2 rings (SSSR count). The van der Waals surface area contributed by atoms with Crippen molar-refractivity contribution in [2.45, 2.75) is 12.8 Å². The van der Waals surface area contributed by atoms with Crippen LogP contribution in [0.3, 0.4) is 0 Å². The molecule has 66 valence electrons. The number of hydrogen-bond donors (Lipinski definition) is 0. The number of halogens is 1. The van der Waals surface area contributed by atoms with Gasteiger partial charge in [-0.1, -0.05) is 30.4 Å². The lowest BCUT2D eigenvalue weighted by Crippen LogP contribution is -1.86. The summed E-state index contributed by atoms with van der Waals surface area (Å²) in [7, 11) is 0. The zero-order valence-electron chi connectivity index (χ0n) is 7.33. The first-order chi connectivity index (χ1) is 6.36. The van der Waals surface area contributed by atoms with Crippen molar-refractivity contribution in [3.63, 3.8) is 0 Å². The first-order valence-corrected chi connectivity index (χ1v) is 5.57. The molecular formula is C12H11I. The number of allylic oxidation sites excluding steroid dienone is 4. The topological polar surface area (TPSA) is 0 Å². The Kier molecular flexibility index (Phi) is 2.83. The SMILES string of the molecule is Ic1cccc(C2=CCCC=C2)c1. The molecule has 0 nitrogen and oxygen atoms in total. The van der Waals surface area contributed by atoms with Crippen LogP contribution in [0.2, 0.25) is 0 Å². The molecule has 0 saturated carbocycles. The van der Waals surface area contributed by atoms with Gasteiger partial charge in [0.1, 0.15) is 0 Å². The minimum atomic E-state index is 1.18. The lowest BCUT2D eigenvalue weighted by atomic mass is 10.00. The van der Waals surface area contributed by atoms with E-state index in [4.69, 9.17) is 0 Å². The summed E-state index contributed by atoms with van der Waals surface area (Å²) in [5.41, 5.74) is 2.70. The van der Waals surface area contributed by atoms with E-state index in [1.807, 2.05) is 0 Å². The Morgan fingerprint density at radius 1 is 1.15 bits per heavy atom. The quantitative estimate of drug-likeness (QED) is 0.682. The summed E-state index contributed by atoms with van der Waals surface area (Å²) in [5.74, 6) is 0. The zero-order chi connectivity index (χ0) is 9.10. The summed E-state index contributed by atoms with van der Waals surface area (Å²) >= 11 is 2.35. The molecule has 0 heterocycles. The van der Waals surface area contributed by atoms with Crippen molar-refractivity contribution in [3.8, 4) is 0 Å². The predicted octanol–water partition coefficient (Wildman–Crippen LogP) is 4.02. The Morgan fingerprint density at radius 3 is 2.77 bits per heavy atom. The van der Waals surface area contributed by atoms with Gasteiger partial charge in [0.2, 0.25) is 0 Å². The molecule has 0 bridgehead atoms. The first-order valence-electron chi connectivity index (χ1n) is 4.49. The summed E-state index contributed by atoms with van der Waals surface area (Å²) in [6.45, 7) is 0. The van der Waals surface area contributed by atoms with E-state index in [-0.39, 0.29) is 0 Å². The van der Waals surface area contributed by atoms with Crippen molar-refractivity contribution in [1.82, 2.24) is 0 Å². The molecular weight excluding hydrogens is 271 g/mol. The molecule has 1 aliphatic carbocycles. The van der Waals surface area contributed by atoms with Gasteiger partial charge in [0, 0.05) is 3.57 Å². The van der Waals surface area contributed by atoms with E-state index in [1.165, 1.54) is 27.5 Å². The zero-order valence-corrected chi connectivity index (χ0v) is 9.49. The lowest BCUT2D eigenvalue weighted by Gasteiger charge is -2.06. The van der Waals surface area contributed by atoms with Crippen LogP contribution in [0.4, 0.5) is 0 Å². The maximum absolute atomic E-state index is 2.35. The highest BCUT2D eigenvalue weighted by molar-refractivity contribution is 14.1. The maximum Gasteiger partial charge on any atom is 0.0136 e. The minimum absolute atomic E-state index is 1.18. The van der Waals surface area contributed by atoms with E-state index >= 15 is 0 Å². The fraction of sp³-hybridized carbons (Fsp3) is 0.167. The van der Waals surface area contributed by atoms with E-state index < -0.39 is 0 Å². The van der Waals surface area contributed by atoms with Crippen LogP contribution in [0.1, 0.15) is 18.4 Å². The highest BCUT2D eigenvalue weighted by Crippen LogP contribution is 2.22. The van der Waals surface area contributed by atoms with Crippen molar-refractivity contribution in [2.75, 3.05) is 0 Å². The molecule has 0 N–H and O–H groups in total. The fourth-order valence-electron chi connectivity index (χ4n) is 1.50. The highest BCUT2D eigenvalue weighted by Gasteiger charge is 2.00. The second kappa shape index (κ2) is 4.09. The van der Waals surface area contributed by atoms with Crippen LogP contribution in [0, 0.1) is 3.57 Å². The molecule has 0 aromatic heterocycles. The molecule has 13 heavy (non-hydrogen) atoms. The van der Waals surface area contributed by atoms with E-state index in [0.717, 1.165) is 0 Å². The van der Waals surface area contributed by atoms with E-state index in [1.54, 1.807) is 0 Å². The smallest absolute Gasteiger partial charge is 0.0136 e. The average Bonchev–Trinajstić information content (AvgIpc) is 2.19. The van der Waals surface area contributed by atoms with Crippen molar-refractivity contribution < 1.29 is 0 Å². The first kappa shape index (κ1) is 9.00. The predicted molar refractivity (Wildman–Crippen MR) is 65.5 cm³/mol. The van der Waals surface area contributed by atoms with Crippen molar-refractivity contribution in [2.24, 2.45) is 0 Å². The van der Waals surface area contributed by atoms with Gasteiger partial charge in [-0.05, 0) is 58.7 Å². The fourth-order valence-corrected chi connectivity index (χ4v) is 2.04. The Morgan fingerprint density at radius 2 is 2.08 bits per heavy atom. The van der Waals surface area contributed by atoms with Gasteiger partial charge >= 0.3 is 0 Å². The summed E-state index contributed by atoms with van der Waals surface area (Å²) in [6.07, 6.45) is 9.14. The number of benzene rings is 1. The van der Waals surface area contributed by atoms with E-state index in [0.29, 0.717) is 0 Å². The molecule has 0 atom stereocenters. The monoisotopic (exact) mass is 282 g/mol. The van der Waals surface area contributed by atoms with Crippen molar-refractivity contribution >= 4 is 28.2 Å². The van der Waals surface area contributed by atoms with E-state index in [2.05, 4.69) is 65.1 Å². The molecule has 1 heteroatoms. The summed E-state index contributed by atoms with van der Waals surface area (Å²) in [5, 5.41) is 0. The van der Waals surface area contributed by atoms with Crippen LogP contribution < -0.4 is 0 Å². The number of hydrogen-bond acceptors (Lipinski definition) is 0. The molecule has 0 amide bonds. The normalized spacial score (nSPS) is 15.6. The highest BCUT2D eigenvalue weighted by atomic mass is 127. The summed E-state index contributed by atoms with van der Waals surface area (Å²) in [4.78, 5) is 0. The van der Waals surface area contributed by atoms with Gasteiger partial charge in [-0.25, -0.2) is 0 Å². The summed E-state index contributed by atoms with van der Waals surface area (Å²) < 4.78 is 1.30. The van der Waals surface area contributed by atoms with E-state index in [9.17, 15) is 0 Å². The Bertz CT molecular complexity index is 361. The van der Waals surface area contributed by atoms with Crippen LogP contribution in [0.25, 0.3) is 5.57 Å². The van der Waals surface area contributed by atoms with Gasteiger partial charge < -0.3 is 0 Å². The average molecular weight is 282 g/mol. The molecule has 0 unspecified atom stereocenters. The van der Waals surface area contributed by atoms with Crippen LogP contribution in [-0.2, 0) is 0 Å². The Labute approximate surface area is 92.5 Å². The third-order valence-corrected chi connectivity index (χ3v) is 2.82. The van der Waals surface area contributed by atoms with Gasteiger partial charge in [-0.3, -0.25) is 0 Å². The second-order valence-corrected chi connectivity index (χ2v) is 4.40. The molecule has 0 radical (unpaired) electrons. The molecule has 0 spiro atoms. The van der Waals surface area contributed by atoms with Crippen LogP contribution in [0.15, 0.2) is 42.5 Å². The molecule has 0 fully saturated rings. The van der Waals surface area contributed by atoms with Gasteiger partial charge in [-0.15, -0.1) is 0 Å². The lowest BCUT2D eigenvalue weighted by molar-refractivity contribution is 1.04. The Balaban J connectivity index is 2.35. The van der Waals surface area contributed by atoms with Crippen LogP contribution in [0.5, 0.6) is 0 Å². The third-order valence-electron chi connectivity index (χ3n) is 2.15. The standard InChI is InChI=1S/C12H11I/c13-12-8-4-7-11(9-12)10-5-2-1-3-6-10/h2,4-9H,1,3H2. The molecule has 1 aliphatic rings. The van der Waals surface area contributed by atoms with Gasteiger partial charge in [0.05, 0.1) is 0 Å². The van der Waals surface area contributed by atoms with Crippen molar-refractivity contribution in [1.29, 1.82) is 0 Å². The summed E-state index contributed by atoms with van der Waals surface area (Å²) in [6, 6.07) is 8.63. The maximum atomic E-state index is 2.35. The van der Waals surface area contributed by atoms with Crippen LogP contribution >= 0.6 is 22.6 Å². The van der Waals surface area contributed by atoms with Crippen LogP contribution in [-0.4, -0.2) is 0 Å². The minimum Gasteiger partial charge on any atom is -0.0836 e. The number of rotatable bonds is 1. The molecule has 0 saturated heterocycles. The largest absolute Gasteiger partial charge is 0.0836 e. The second-order valence-electron chi connectivity index (χ2n) is 3.15. The molecule has 1 aromatic rings. The van der Waals surface area contributed by atoms with Gasteiger partial charge in [0.15, 0.2) is 0 Å².